The van der Waals surface area contributed by atoms with Crippen LogP contribution in [0.3, 0.4) is 0 Å². The smallest absolute Gasteiger partial charge is 0.202 e. The molecule has 0 aromatic carbocycles. The number of imidazole rings is 1. The molecule has 0 aliphatic carbocycles. The molecule has 0 aliphatic rings. The van der Waals surface area contributed by atoms with Crippen molar-refractivity contribution in [1.29, 1.82) is 5.41 Å². The van der Waals surface area contributed by atoms with Crippen molar-refractivity contribution in [2.24, 2.45) is 7.05 Å². The maximum absolute atomic E-state index is 7.87. The van der Waals surface area contributed by atoms with Crippen molar-refractivity contribution >= 4 is 0 Å². The molecule has 1 N–H and O–H groups in total. The second kappa shape index (κ2) is 3.40. The Morgan fingerprint density at radius 2 is 1.77 bits per heavy atom. The van der Waals surface area contributed by atoms with Gasteiger partial charge in [-0.25, -0.2) is 0 Å². The summed E-state index contributed by atoms with van der Waals surface area (Å²) in [4.78, 5) is 0. The first-order valence-electron chi connectivity index (χ1n) is 4.77. The highest BCUT2D eigenvalue weighted by Gasteiger charge is 2.09. The Balaban J connectivity index is 3.29. The van der Waals surface area contributed by atoms with Gasteiger partial charge in [0.2, 0.25) is 5.62 Å². The molecule has 1 aromatic rings. The molecule has 0 saturated carbocycles. The van der Waals surface area contributed by atoms with Crippen molar-refractivity contribution in [3.63, 3.8) is 0 Å². The van der Waals surface area contributed by atoms with Gasteiger partial charge in [0.05, 0.1) is 0 Å². The van der Waals surface area contributed by atoms with Gasteiger partial charge < -0.3 is 9.13 Å². The Morgan fingerprint density at radius 3 is 2.00 bits per heavy atom. The van der Waals surface area contributed by atoms with Gasteiger partial charge in [-0.1, -0.05) is 13.8 Å². The zero-order valence-corrected chi connectivity index (χ0v) is 9.13. The van der Waals surface area contributed by atoms with Gasteiger partial charge in [0, 0.05) is 25.0 Å². The third kappa shape index (κ3) is 1.69. The maximum Gasteiger partial charge on any atom is 0.202 e. The highest BCUT2D eigenvalue weighted by molar-refractivity contribution is 5.04. The van der Waals surface area contributed by atoms with E-state index in [0.29, 0.717) is 17.6 Å². The van der Waals surface area contributed by atoms with Crippen LogP contribution in [0.15, 0.2) is 6.20 Å². The molecule has 0 atom stereocenters. The van der Waals surface area contributed by atoms with E-state index in [9.17, 15) is 0 Å². The summed E-state index contributed by atoms with van der Waals surface area (Å²) in [5, 5.41) is 7.87. The molecule has 3 nitrogen and oxygen atoms in total. The van der Waals surface area contributed by atoms with Crippen molar-refractivity contribution in [3.05, 3.63) is 17.5 Å². The van der Waals surface area contributed by atoms with Gasteiger partial charge in [-0.3, -0.25) is 5.41 Å². The fourth-order valence-electron chi connectivity index (χ4n) is 1.52. The molecule has 0 radical (unpaired) electrons. The highest BCUT2D eigenvalue weighted by Crippen LogP contribution is 2.13. The van der Waals surface area contributed by atoms with Crippen LogP contribution in [-0.2, 0) is 7.05 Å². The molecule has 1 aromatic heterocycles. The molecule has 1 heterocycles. The predicted octanol–water partition coefficient (Wildman–Crippen LogP) is 2.01. The van der Waals surface area contributed by atoms with E-state index in [1.807, 2.05) is 16.2 Å². The van der Waals surface area contributed by atoms with Crippen LogP contribution in [0.4, 0.5) is 0 Å². The Kier molecular flexibility index (Phi) is 2.64. The van der Waals surface area contributed by atoms with Crippen molar-refractivity contribution in [2.45, 2.75) is 39.7 Å². The number of rotatable bonds is 2. The molecule has 0 amide bonds. The second-order valence-electron chi connectivity index (χ2n) is 4.09. The molecule has 1 rings (SSSR count). The van der Waals surface area contributed by atoms with Crippen LogP contribution in [0.1, 0.15) is 45.3 Å². The lowest BCUT2D eigenvalue weighted by molar-refractivity contribution is 0.549. The van der Waals surface area contributed by atoms with Crippen molar-refractivity contribution < 1.29 is 0 Å². The summed E-state index contributed by atoms with van der Waals surface area (Å²) in [6.45, 7) is 8.50. The first-order valence-corrected chi connectivity index (χ1v) is 4.77. The minimum absolute atomic E-state index is 0.367. The van der Waals surface area contributed by atoms with E-state index >= 15 is 0 Å². The van der Waals surface area contributed by atoms with Crippen LogP contribution in [0.5, 0.6) is 0 Å². The molecular formula is C10H19N3. The van der Waals surface area contributed by atoms with E-state index in [-0.39, 0.29) is 0 Å². The maximum atomic E-state index is 7.87. The Hall–Kier alpha value is -0.990. The quantitative estimate of drug-likeness (QED) is 0.724. The first kappa shape index (κ1) is 10.1. The van der Waals surface area contributed by atoms with Crippen LogP contribution >= 0.6 is 0 Å². The normalized spacial score (nSPS) is 11.6. The lowest BCUT2D eigenvalue weighted by atomic mass is 10.1. The molecule has 0 saturated heterocycles. The zero-order valence-electron chi connectivity index (χ0n) is 9.13. The van der Waals surface area contributed by atoms with Crippen LogP contribution in [0, 0.1) is 5.41 Å². The summed E-state index contributed by atoms with van der Waals surface area (Å²) in [5.74, 6) is 0.481. The van der Waals surface area contributed by atoms with Crippen LogP contribution < -0.4 is 5.62 Å². The molecule has 13 heavy (non-hydrogen) atoms. The molecule has 0 spiro atoms. The third-order valence-corrected chi connectivity index (χ3v) is 2.37. The lowest BCUT2D eigenvalue weighted by Gasteiger charge is -2.04. The van der Waals surface area contributed by atoms with E-state index in [1.165, 1.54) is 5.69 Å². The molecule has 74 valence electrons. The topological polar surface area (TPSA) is 33.7 Å². The van der Waals surface area contributed by atoms with Gasteiger partial charge in [0.25, 0.3) is 0 Å². The van der Waals surface area contributed by atoms with Gasteiger partial charge in [-0.2, -0.15) is 0 Å². The summed E-state index contributed by atoms with van der Waals surface area (Å²) in [6.07, 6.45) is 2.08. The van der Waals surface area contributed by atoms with Gasteiger partial charge in [-0.15, -0.1) is 0 Å². The van der Waals surface area contributed by atoms with Crippen molar-refractivity contribution in [2.75, 3.05) is 0 Å². The fourth-order valence-corrected chi connectivity index (χ4v) is 1.52. The van der Waals surface area contributed by atoms with Gasteiger partial charge in [0.1, 0.15) is 0 Å². The number of nitrogens with one attached hydrogen (secondary N) is 1. The monoisotopic (exact) mass is 181 g/mol. The molecule has 0 unspecified atom stereocenters. The van der Waals surface area contributed by atoms with Gasteiger partial charge >= 0.3 is 0 Å². The molecular weight excluding hydrogens is 162 g/mol. The summed E-state index contributed by atoms with van der Waals surface area (Å²) in [6, 6.07) is 0.367. The van der Waals surface area contributed by atoms with E-state index in [4.69, 9.17) is 5.41 Å². The lowest BCUT2D eigenvalue weighted by Crippen LogP contribution is -2.24. The molecule has 0 fully saturated rings. The Morgan fingerprint density at radius 1 is 1.23 bits per heavy atom. The summed E-state index contributed by atoms with van der Waals surface area (Å²) in [5.41, 5.74) is 1.80. The minimum Gasteiger partial charge on any atom is -0.318 e. The first-order chi connectivity index (χ1) is 5.95. The van der Waals surface area contributed by atoms with Crippen LogP contribution in [0.25, 0.3) is 0 Å². The summed E-state index contributed by atoms with van der Waals surface area (Å²) >= 11 is 0. The average Bonchev–Trinajstić information content (AvgIpc) is 2.29. The zero-order chi connectivity index (χ0) is 10.2. The second-order valence-corrected chi connectivity index (χ2v) is 4.09. The Labute approximate surface area is 79.5 Å². The third-order valence-electron chi connectivity index (χ3n) is 2.37. The van der Waals surface area contributed by atoms with E-state index < -0.39 is 0 Å². The van der Waals surface area contributed by atoms with E-state index in [2.05, 4.69) is 33.9 Å². The SMILES string of the molecule is CC(C)c1cn(C(C)C)c(=N)n1C. The fraction of sp³-hybridized carbons (Fsp3) is 0.700. The Bertz CT molecular complexity index is 342. The minimum atomic E-state index is 0.367. The number of hydrogen-bond donors (Lipinski definition) is 1. The highest BCUT2D eigenvalue weighted by atomic mass is 15.2. The van der Waals surface area contributed by atoms with Gasteiger partial charge in [-0.05, 0) is 19.8 Å². The van der Waals surface area contributed by atoms with Crippen LogP contribution in [0.2, 0.25) is 0 Å². The predicted molar refractivity (Wildman–Crippen MR) is 53.7 cm³/mol. The number of aromatic nitrogens is 2. The molecule has 0 bridgehead atoms. The summed E-state index contributed by atoms with van der Waals surface area (Å²) < 4.78 is 3.94. The number of hydrogen-bond acceptors (Lipinski definition) is 1. The van der Waals surface area contributed by atoms with E-state index in [0.717, 1.165) is 0 Å². The van der Waals surface area contributed by atoms with Crippen LogP contribution in [-0.4, -0.2) is 9.13 Å². The molecule has 0 aliphatic heterocycles. The standard InChI is InChI=1S/C10H19N3/c1-7(2)9-6-13(8(3)4)10(11)12(9)5/h6-8,11H,1-5H3. The molecule has 3 heteroatoms. The summed E-state index contributed by atoms with van der Waals surface area (Å²) in [7, 11) is 1.95. The number of nitrogens with zero attached hydrogens (tertiary/aromatic N) is 2. The average molecular weight is 181 g/mol. The van der Waals surface area contributed by atoms with E-state index in [1.54, 1.807) is 0 Å². The van der Waals surface area contributed by atoms with Crippen molar-refractivity contribution in [3.8, 4) is 0 Å². The largest absolute Gasteiger partial charge is 0.318 e. The van der Waals surface area contributed by atoms with Crippen molar-refractivity contribution in [1.82, 2.24) is 9.13 Å². The van der Waals surface area contributed by atoms with Gasteiger partial charge in [0.15, 0.2) is 0 Å².